The standard InChI is InChI=1S/C11H14BrClN2O3S/c12-11-9(14)3-8(13)4-10(11)19(16,17)15-5-7-1-2-18-6-7/h3-4,7,15H,1-2,5-6,14H2. The molecule has 3 N–H and O–H groups in total. The monoisotopic (exact) mass is 368 g/mol. The minimum absolute atomic E-state index is 0.0522. The summed E-state index contributed by atoms with van der Waals surface area (Å²) < 4.78 is 32.5. The second-order valence-corrected chi connectivity index (χ2v) is 7.35. The van der Waals surface area contributed by atoms with Crippen LogP contribution in [0, 0.1) is 5.92 Å². The number of hydrogen-bond donors (Lipinski definition) is 2. The summed E-state index contributed by atoms with van der Waals surface area (Å²) in [6.07, 6.45) is 0.862. The maximum absolute atomic E-state index is 12.2. The van der Waals surface area contributed by atoms with Gasteiger partial charge in [0.1, 0.15) is 0 Å². The van der Waals surface area contributed by atoms with E-state index in [1.54, 1.807) is 0 Å². The molecule has 1 atom stereocenters. The summed E-state index contributed by atoms with van der Waals surface area (Å²) in [5.41, 5.74) is 5.98. The lowest BCUT2D eigenvalue weighted by Gasteiger charge is -2.12. The largest absolute Gasteiger partial charge is 0.398 e. The summed E-state index contributed by atoms with van der Waals surface area (Å²) in [7, 11) is -3.64. The molecule has 1 aromatic carbocycles. The zero-order valence-electron chi connectivity index (χ0n) is 10.0. The molecule has 19 heavy (non-hydrogen) atoms. The summed E-state index contributed by atoms with van der Waals surface area (Å²) in [6.45, 7) is 1.61. The molecule has 0 bridgehead atoms. The number of nitrogens with one attached hydrogen (secondary N) is 1. The highest BCUT2D eigenvalue weighted by molar-refractivity contribution is 9.10. The van der Waals surface area contributed by atoms with Crippen LogP contribution in [0.2, 0.25) is 5.02 Å². The number of anilines is 1. The van der Waals surface area contributed by atoms with E-state index in [1.165, 1.54) is 12.1 Å². The summed E-state index contributed by atoms with van der Waals surface area (Å²) in [6, 6.07) is 2.87. The third kappa shape index (κ3) is 3.61. The molecule has 0 spiro atoms. The van der Waals surface area contributed by atoms with Crippen LogP contribution in [0.4, 0.5) is 5.69 Å². The van der Waals surface area contributed by atoms with E-state index >= 15 is 0 Å². The van der Waals surface area contributed by atoms with E-state index in [9.17, 15) is 8.42 Å². The first-order valence-corrected chi connectivity index (χ1v) is 8.37. The lowest BCUT2D eigenvalue weighted by Crippen LogP contribution is -2.30. The molecule has 1 aliphatic heterocycles. The van der Waals surface area contributed by atoms with Crippen LogP contribution in [0.1, 0.15) is 6.42 Å². The Kier molecular flexibility index (Phi) is 4.73. The Morgan fingerprint density at radius 2 is 2.26 bits per heavy atom. The van der Waals surface area contributed by atoms with Gasteiger partial charge in [0.15, 0.2) is 0 Å². The molecule has 0 aliphatic carbocycles. The first-order valence-electron chi connectivity index (χ1n) is 5.72. The van der Waals surface area contributed by atoms with Crippen LogP contribution in [-0.4, -0.2) is 28.2 Å². The first kappa shape index (κ1) is 15.1. The van der Waals surface area contributed by atoms with Crippen LogP contribution < -0.4 is 10.5 Å². The fraction of sp³-hybridized carbons (Fsp3) is 0.455. The molecule has 1 unspecified atom stereocenters. The molecule has 0 aromatic heterocycles. The van der Waals surface area contributed by atoms with Gasteiger partial charge in [0.2, 0.25) is 10.0 Å². The molecule has 106 valence electrons. The summed E-state index contributed by atoms with van der Waals surface area (Å²) >= 11 is 9.02. The number of nitrogen functional groups attached to an aromatic ring is 1. The highest BCUT2D eigenvalue weighted by atomic mass is 79.9. The Morgan fingerprint density at radius 1 is 1.53 bits per heavy atom. The van der Waals surface area contributed by atoms with E-state index in [4.69, 9.17) is 22.1 Å². The molecule has 1 aromatic rings. The number of ether oxygens (including phenoxy) is 1. The Labute approximate surface area is 125 Å². The SMILES string of the molecule is Nc1cc(Cl)cc(S(=O)(=O)NCC2CCOC2)c1Br. The van der Waals surface area contributed by atoms with Crippen molar-refractivity contribution in [3.63, 3.8) is 0 Å². The van der Waals surface area contributed by atoms with Gasteiger partial charge in [-0.1, -0.05) is 11.6 Å². The van der Waals surface area contributed by atoms with Crippen LogP contribution in [0.25, 0.3) is 0 Å². The van der Waals surface area contributed by atoms with Crippen molar-refractivity contribution in [1.82, 2.24) is 4.72 Å². The first-order chi connectivity index (χ1) is 8.90. The normalized spacial score (nSPS) is 19.8. The number of benzene rings is 1. The van der Waals surface area contributed by atoms with Crippen molar-refractivity contribution in [3.8, 4) is 0 Å². The molecule has 0 amide bonds. The second-order valence-electron chi connectivity index (χ2n) is 4.39. The Balaban J connectivity index is 2.19. The highest BCUT2D eigenvalue weighted by Crippen LogP contribution is 2.31. The third-order valence-corrected chi connectivity index (χ3v) is 5.72. The Bertz CT molecular complexity index is 574. The number of sulfonamides is 1. The molecule has 5 nitrogen and oxygen atoms in total. The fourth-order valence-corrected chi connectivity index (χ4v) is 4.24. The van der Waals surface area contributed by atoms with Crippen LogP contribution in [0.3, 0.4) is 0 Å². The van der Waals surface area contributed by atoms with E-state index in [1.807, 2.05) is 0 Å². The molecular formula is C11H14BrClN2O3S. The van der Waals surface area contributed by atoms with Crippen molar-refractivity contribution in [2.24, 2.45) is 5.92 Å². The molecular weight excluding hydrogens is 356 g/mol. The number of nitrogens with two attached hydrogens (primary N) is 1. The van der Waals surface area contributed by atoms with Crippen LogP contribution in [0.15, 0.2) is 21.5 Å². The molecule has 1 saturated heterocycles. The van der Waals surface area contributed by atoms with Crippen LogP contribution in [0.5, 0.6) is 0 Å². The molecule has 0 saturated carbocycles. The maximum atomic E-state index is 12.2. The minimum atomic E-state index is -3.64. The molecule has 8 heteroatoms. The number of hydrogen-bond acceptors (Lipinski definition) is 4. The lowest BCUT2D eigenvalue weighted by molar-refractivity contribution is 0.186. The molecule has 0 radical (unpaired) electrons. The van der Waals surface area contributed by atoms with Crippen molar-refractivity contribution in [3.05, 3.63) is 21.6 Å². The van der Waals surface area contributed by atoms with E-state index in [0.717, 1.165) is 6.42 Å². The molecule has 1 fully saturated rings. The van der Waals surface area contributed by atoms with Crippen molar-refractivity contribution < 1.29 is 13.2 Å². The average Bonchev–Trinajstić information content (AvgIpc) is 2.84. The summed E-state index contributed by atoms with van der Waals surface area (Å²) in [5.74, 6) is 0.213. The highest BCUT2D eigenvalue weighted by Gasteiger charge is 2.23. The summed E-state index contributed by atoms with van der Waals surface area (Å²) in [4.78, 5) is 0.0522. The number of halogens is 2. The zero-order chi connectivity index (χ0) is 14.0. The van der Waals surface area contributed by atoms with Crippen molar-refractivity contribution in [2.75, 3.05) is 25.5 Å². The maximum Gasteiger partial charge on any atom is 0.241 e. The zero-order valence-corrected chi connectivity index (χ0v) is 13.2. The predicted molar refractivity (Wildman–Crippen MR) is 77.7 cm³/mol. The Morgan fingerprint density at radius 3 is 2.89 bits per heavy atom. The fourth-order valence-electron chi connectivity index (χ4n) is 1.83. The molecule has 2 rings (SSSR count). The van der Waals surface area contributed by atoms with Crippen molar-refractivity contribution in [1.29, 1.82) is 0 Å². The van der Waals surface area contributed by atoms with E-state index in [-0.39, 0.29) is 21.5 Å². The topological polar surface area (TPSA) is 81.4 Å². The molecule has 1 aliphatic rings. The van der Waals surface area contributed by atoms with Crippen molar-refractivity contribution >= 4 is 43.2 Å². The van der Waals surface area contributed by atoms with Gasteiger partial charge >= 0.3 is 0 Å². The van der Waals surface area contributed by atoms with Gasteiger partial charge in [-0.3, -0.25) is 0 Å². The van der Waals surface area contributed by atoms with Gasteiger partial charge in [-0.15, -0.1) is 0 Å². The van der Waals surface area contributed by atoms with E-state index < -0.39 is 10.0 Å². The van der Waals surface area contributed by atoms with E-state index in [0.29, 0.717) is 24.2 Å². The smallest absolute Gasteiger partial charge is 0.241 e. The van der Waals surface area contributed by atoms with Gasteiger partial charge in [-0.25, -0.2) is 13.1 Å². The number of rotatable bonds is 4. The van der Waals surface area contributed by atoms with Crippen LogP contribution in [-0.2, 0) is 14.8 Å². The van der Waals surface area contributed by atoms with Gasteiger partial charge in [-0.05, 0) is 40.4 Å². The van der Waals surface area contributed by atoms with Gasteiger partial charge in [-0.2, -0.15) is 0 Å². The summed E-state index contributed by atoms with van der Waals surface area (Å²) in [5, 5.41) is 0.283. The third-order valence-electron chi connectivity index (χ3n) is 2.91. The quantitative estimate of drug-likeness (QED) is 0.795. The van der Waals surface area contributed by atoms with E-state index in [2.05, 4.69) is 20.7 Å². The Hall–Kier alpha value is -0.340. The van der Waals surface area contributed by atoms with Crippen molar-refractivity contribution in [2.45, 2.75) is 11.3 Å². The average molecular weight is 370 g/mol. The van der Waals surface area contributed by atoms with Gasteiger partial charge < -0.3 is 10.5 Å². The minimum Gasteiger partial charge on any atom is -0.398 e. The van der Waals surface area contributed by atoms with Gasteiger partial charge in [0, 0.05) is 23.9 Å². The van der Waals surface area contributed by atoms with Gasteiger partial charge in [0.05, 0.1) is 16.0 Å². The lowest BCUT2D eigenvalue weighted by atomic mass is 10.1. The van der Waals surface area contributed by atoms with Crippen LogP contribution >= 0.6 is 27.5 Å². The van der Waals surface area contributed by atoms with Gasteiger partial charge in [0.25, 0.3) is 0 Å². The predicted octanol–water partition coefficient (Wildman–Crippen LogP) is 2.00. The molecule has 1 heterocycles. The second kappa shape index (κ2) is 5.97.